The van der Waals surface area contributed by atoms with Crippen molar-refractivity contribution in [1.29, 1.82) is 0 Å². The molecular weight excluding hydrogens is 353 g/mol. The number of halogens is 1. The zero-order chi connectivity index (χ0) is 17.9. The minimum absolute atomic E-state index is 0.0892. The molecule has 5 nitrogen and oxygen atoms in total. The van der Waals surface area contributed by atoms with Crippen LogP contribution in [0.2, 0.25) is 0 Å². The molecule has 1 N–H and O–H groups in total. The van der Waals surface area contributed by atoms with Gasteiger partial charge in [0.05, 0.1) is 10.4 Å². The first kappa shape index (κ1) is 15.8. The average molecular weight is 371 g/mol. The zero-order valence-corrected chi connectivity index (χ0v) is 14.8. The van der Waals surface area contributed by atoms with E-state index >= 15 is 0 Å². The maximum atomic E-state index is 13.2. The Balaban J connectivity index is 1.72. The molecule has 1 fully saturated rings. The van der Waals surface area contributed by atoms with Crippen molar-refractivity contribution in [2.75, 3.05) is 24.5 Å². The normalized spacial score (nSPS) is 19.6. The number of nitrogens with zero attached hydrogens (tertiary/aromatic N) is 2. The van der Waals surface area contributed by atoms with Crippen LogP contribution in [0.3, 0.4) is 0 Å². The Hall–Kier alpha value is -2.38. The number of fused-ring (bicyclic) bond motifs is 2. The number of anilines is 1. The predicted octanol–water partition coefficient (Wildman–Crippen LogP) is 2.35. The van der Waals surface area contributed by atoms with Crippen molar-refractivity contribution in [3.05, 3.63) is 60.0 Å². The van der Waals surface area contributed by atoms with Gasteiger partial charge in [-0.2, -0.15) is 0 Å². The fraction of sp³-hybridized carbons (Fsp3) is 0.263. The quantitative estimate of drug-likeness (QED) is 0.751. The number of benzene rings is 2. The summed E-state index contributed by atoms with van der Waals surface area (Å²) < 4.78 is 40.9. The van der Waals surface area contributed by atoms with E-state index in [0.717, 1.165) is 42.7 Å². The SMILES string of the molecule is O=S(=O)(c1ccc(F)cc1)n1cc2c3c(cccc31)N1CCNCC1C2. The first-order chi connectivity index (χ1) is 12.6. The number of rotatable bonds is 2. The maximum Gasteiger partial charge on any atom is 0.268 e. The van der Waals surface area contributed by atoms with E-state index < -0.39 is 15.8 Å². The highest BCUT2D eigenvalue weighted by atomic mass is 32.2. The van der Waals surface area contributed by atoms with Gasteiger partial charge in [-0.15, -0.1) is 0 Å². The number of nitrogens with one attached hydrogen (secondary N) is 1. The van der Waals surface area contributed by atoms with Crippen LogP contribution in [0, 0.1) is 5.82 Å². The van der Waals surface area contributed by atoms with Gasteiger partial charge >= 0.3 is 0 Å². The van der Waals surface area contributed by atoms with Crippen LogP contribution in [-0.2, 0) is 16.4 Å². The van der Waals surface area contributed by atoms with Crippen LogP contribution < -0.4 is 10.2 Å². The van der Waals surface area contributed by atoms with Gasteiger partial charge in [-0.3, -0.25) is 0 Å². The molecule has 2 aliphatic rings. The Morgan fingerprint density at radius 1 is 1.12 bits per heavy atom. The molecule has 1 saturated heterocycles. The predicted molar refractivity (Wildman–Crippen MR) is 98.6 cm³/mol. The van der Waals surface area contributed by atoms with Crippen molar-refractivity contribution in [1.82, 2.24) is 9.29 Å². The summed E-state index contributed by atoms with van der Waals surface area (Å²) in [5.41, 5.74) is 2.83. The first-order valence-corrected chi connectivity index (χ1v) is 10.1. The van der Waals surface area contributed by atoms with Gasteiger partial charge in [-0.1, -0.05) is 6.07 Å². The van der Waals surface area contributed by atoms with Gasteiger partial charge in [0.15, 0.2) is 0 Å². The van der Waals surface area contributed by atoms with Gasteiger partial charge in [0.2, 0.25) is 0 Å². The summed E-state index contributed by atoms with van der Waals surface area (Å²) in [6, 6.07) is 11.1. The highest BCUT2D eigenvalue weighted by molar-refractivity contribution is 7.90. The molecule has 3 aromatic rings. The molecule has 0 bridgehead atoms. The van der Waals surface area contributed by atoms with Gasteiger partial charge < -0.3 is 10.2 Å². The van der Waals surface area contributed by atoms with Crippen LogP contribution in [-0.4, -0.2) is 38.1 Å². The van der Waals surface area contributed by atoms with Gasteiger partial charge in [0.25, 0.3) is 10.0 Å². The minimum Gasteiger partial charge on any atom is -0.365 e. The van der Waals surface area contributed by atoms with E-state index in [-0.39, 0.29) is 4.90 Å². The van der Waals surface area contributed by atoms with Crippen molar-refractivity contribution >= 4 is 26.6 Å². The molecule has 5 rings (SSSR count). The van der Waals surface area contributed by atoms with E-state index in [2.05, 4.69) is 16.3 Å². The third-order valence-electron chi connectivity index (χ3n) is 5.34. The van der Waals surface area contributed by atoms with E-state index in [0.29, 0.717) is 11.6 Å². The summed E-state index contributed by atoms with van der Waals surface area (Å²) >= 11 is 0. The van der Waals surface area contributed by atoms with Gasteiger partial charge in [0.1, 0.15) is 5.82 Å². The summed E-state index contributed by atoms with van der Waals surface area (Å²) in [6.45, 7) is 2.74. The van der Waals surface area contributed by atoms with Crippen LogP contribution in [0.1, 0.15) is 5.56 Å². The fourth-order valence-corrected chi connectivity index (χ4v) is 5.53. The Morgan fingerprint density at radius 3 is 2.73 bits per heavy atom. The molecule has 0 radical (unpaired) electrons. The standard InChI is InChI=1S/C19H18FN3O2S/c20-14-4-6-16(7-5-14)26(24,25)23-12-13-10-15-11-21-8-9-22(15)17-2-1-3-18(23)19(13)17/h1-7,12,15,21H,8-11H2. The molecule has 2 aromatic carbocycles. The molecule has 2 aliphatic heterocycles. The Labute approximate surface area is 151 Å². The van der Waals surface area contributed by atoms with Crippen LogP contribution in [0.5, 0.6) is 0 Å². The van der Waals surface area contributed by atoms with Crippen LogP contribution in [0.15, 0.2) is 53.6 Å². The molecule has 26 heavy (non-hydrogen) atoms. The van der Waals surface area contributed by atoms with Crippen molar-refractivity contribution in [3.8, 4) is 0 Å². The topological polar surface area (TPSA) is 54.3 Å². The smallest absolute Gasteiger partial charge is 0.268 e. The Bertz CT molecular complexity index is 1110. The summed E-state index contributed by atoms with van der Waals surface area (Å²) in [4.78, 5) is 2.46. The van der Waals surface area contributed by atoms with Crippen LogP contribution in [0.25, 0.3) is 10.9 Å². The van der Waals surface area contributed by atoms with Crippen molar-refractivity contribution in [2.45, 2.75) is 17.4 Å². The molecule has 0 saturated carbocycles. The number of aromatic nitrogens is 1. The van der Waals surface area contributed by atoms with Crippen molar-refractivity contribution in [2.24, 2.45) is 0 Å². The van der Waals surface area contributed by atoms with Crippen molar-refractivity contribution < 1.29 is 12.8 Å². The molecule has 1 atom stereocenters. The Morgan fingerprint density at radius 2 is 1.92 bits per heavy atom. The molecule has 0 spiro atoms. The van der Waals surface area contributed by atoms with Crippen molar-refractivity contribution in [3.63, 3.8) is 0 Å². The van der Waals surface area contributed by atoms with E-state index in [1.807, 2.05) is 12.1 Å². The van der Waals surface area contributed by atoms with Crippen LogP contribution in [0.4, 0.5) is 10.1 Å². The van der Waals surface area contributed by atoms with Gasteiger partial charge in [-0.25, -0.2) is 16.8 Å². The zero-order valence-electron chi connectivity index (χ0n) is 14.0. The molecule has 0 aliphatic carbocycles. The Kier molecular flexibility index (Phi) is 3.39. The second kappa shape index (κ2) is 5.56. The number of hydrogen-bond donors (Lipinski definition) is 1. The number of piperazine rings is 1. The molecular formula is C19H18FN3O2S. The summed E-state index contributed by atoms with van der Waals surface area (Å²) in [7, 11) is -3.78. The van der Waals surface area contributed by atoms with Gasteiger partial charge in [-0.05, 0) is 48.4 Å². The number of hydrogen-bond acceptors (Lipinski definition) is 4. The molecule has 0 amide bonds. The van der Waals surface area contributed by atoms with E-state index in [1.165, 1.54) is 28.2 Å². The lowest BCUT2D eigenvalue weighted by Crippen LogP contribution is -2.53. The van der Waals surface area contributed by atoms with E-state index in [9.17, 15) is 12.8 Å². The summed E-state index contributed by atoms with van der Waals surface area (Å²) in [5, 5.41) is 4.42. The third-order valence-corrected chi connectivity index (χ3v) is 7.03. The first-order valence-electron chi connectivity index (χ1n) is 8.67. The highest BCUT2D eigenvalue weighted by Crippen LogP contribution is 2.39. The molecule has 1 aromatic heterocycles. The molecule has 134 valence electrons. The lowest BCUT2D eigenvalue weighted by Gasteiger charge is -2.41. The average Bonchev–Trinajstić information content (AvgIpc) is 3.03. The fourth-order valence-electron chi connectivity index (χ4n) is 4.14. The second-order valence-electron chi connectivity index (χ2n) is 6.84. The largest absolute Gasteiger partial charge is 0.365 e. The lowest BCUT2D eigenvalue weighted by atomic mass is 9.95. The van der Waals surface area contributed by atoms with E-state index in [1.54, 1.807) is 6.20 Å². The minimum atomic E-state index is -3.78. The highest BCUT2D eigenvalue weighted by Gasteiger charge is 2.32. The summed E-state index contributed by atoms with van der Waals surface area (Å²) in [6.07, 6.45) is 2.55. The van der Waals surface area contributed by atoms with E-state index in [4.69, 9.17) is 0 Å². The second-order valence-corrected chi connectivity index (χ2v) is 8.65. The summed E-state index contributed by atoms with van der Waals surface area (Å²) in [5.74, 6) is -0.452. The van der Waals surface area contributed by atoms with Gasteiger partial charge in [0, 0.05) is 42.9 Å². The lowest BCUT2D eigenvalue weighted by molar-refractivity contribution is 0.470. The van der Waals surface area contributed by atoms with Crippen LogP contribution >= 0.6 is 0 Å². The monoisotopic (exact) mass is 371 g/mol. The molecule has 3 heterocycles. The maximum absolute atomic E-state index is 13.2. The third kappa shape index (κ3) is 2.20. The molecule has 1 unspecified atom stereocenters. The molecule has 7 heteroatoms.